The molecule has 96 valence electrons. The molecule has 3 saturated carbocycles. The fraction of sp³-hybridized carbons (Fsp3) is 0.933. The van der Waals surface area contributed by atoms with E-state index < -0.39 is 0 Å². The second-order valence-electron chi connectivity index (χ2n) is 6.62. The summed E-state index contributed by atoms with van der Waals surface area (Å²) in [6, 6.07) is 0.415. The van der Waals surface area contributed by atoms with E-state index in [-0.39, 0.29) is 0 Å². The summed E-state index contributed by atoms with van der Waals surface area (Å²) in [4.78, 5) is 12.1. The lowest BCUT2D eigenvalue weighted by molar-refractivity contribution is -0.125. The first kappa shape index (κ1) is 11.6. The van der Waals surface area contributed by atoms with Crippen LogP contribution in [-0.4, -0.2) is 11.9 Å². The molecule has 1 amide bonds. The highest BCUT2D eigenvalue weighted by Crippen LogP contribution is 2.49. The monoisotopic (exact) mass is 235 g/mol. The first-order valence-corrected chi connectivity index (χ1v) is 7.54. The molecular formula is C15H25NO. The molecule has 1 N–H and O–H groups in total. The normalized spacial score (nSPS) is 38.5. The zero-order chi connectivity index (χ0) is 11.8. The quantitative estimate of drug-likeness (QED) is 0.800. The molecule has 0 aromatic carbocycles. The van der Waals surface area contributed by atoms with Gasteiger partial charge in [-0.25, -0.2) is 0 Å². The van der Waals surface area contributed by atoms with Gasteiger partial charge in [-0.05, 0) is 56.8 Å². The van der Waals surface area contributed by atoms with Crippen molar-refractivity contribution in [1.82, 2.24) is 5.32 Å². The Morgan fingerprint density at radius 1 is 1.12 bits per heavy atom. The van der Waals surface area contributed by atoms with E-state index in [1.165, 1.54) is 38.5 Å². The van der Waals surface area contributed by atoms with Gasteiger partial charge in [0.1, 0.15) is 0 Å². The van der Waals surface area contributed by atoms with Crippen molar-refractivity contribution in [3.8, 4) is 0 Å². The maximum Gasteiger partial charge on any atom is 0.223 e. The van der Waals surface area contributed by atoms with E-state index in [0.29, 0.717) is 17.9 Å². The van der Waals surface area contributed by atoms with Crippen molar-refractivity contribution in [1.29, 1.82) is 0 Å². The van der Waals surface area contributed by atoms with E-state index in [1.54, 1.807) is 0 Å². The number of nitrogens with one attached hydrogen (secondary N) is 1. The Balaban J connectivity index is 1.52. The molecule has 0 radical (unpaired) electrons. The highest BCUT2D eigenvalue weighted by atomic mass is 16.1. The van der Waals surface area contributed by atoms with Crippen molar-refractivity contribution in [3.63, 3.8) is 0 Å². The fourth-order valence-corrected chi connectivity index (χ4v) is 4.54. The van der Waals surface area contributed by atoms with Crippen molar-refractivity contribution in [2.24, 2.45) is 23.7 Å². The first-order chi connectivity index (χ1) is 8.24. The topological polar surface area (TPSA) is 29.1 Å². The lowest BCUT2D eigenvalue weighted by atomic mass is 9.84. The molecule has 0 unspecified atom stereocenters. The molecule has 3 fully saturated rings. The minimum absolute atomic E-state index is 0.330. The third-order valence-corrected chi connectivity index (χ3v) is 5.53. The molecule has 0 aliphatic heterocycles. The Hall–Kier alpha value is -0.530. The van der Waals surface area contributed by atoms with Crippen molar-refractivity contribution >= 4 is 5.91 Å². The zero-order valence-corrected chi connectivity index (χ0v) is 11.0. The van der Waals surface area contributed by atoms with Crippen LogP contribution in [0, 0.1) is 23.7 Å². The van der Waals surface area contributed by atoms with Gasteiger partial charge in [-0.1, -0.05) is 19.3 Å². The van der Waals surface area contributed by atoms with E-state index in [4.69, 9.17) is 0 Å². The highest BCUT2D eigenvalue weighted by molar-refractivity contribution is 5.79. The van der Waals surface area contributed by atoms with Crippen LogP contribution in [0.2, 0.25) is 0 Å². The Morgan fingerprint density at radius 3 is 2.47 bits per heavy atom. The van der Waals surface area contributed by atoms with E-state index in [1.807, 2.05) is 0 Å². The van der Waals surface area contributed by atoms with Gasteiger partial charge < -0.3 is 5.32 Å². The van der Waals surface area contributed by atoms with Gasteiger partial charge in [0, 0.05) is 12.0 Å². The average molecular weight is 235 g/mol. The Labute approximate surface area is 105 Å². The summed E-state index contributed by atoms with van der Waals surface area (Å²) >= 11 is 0. The van der Waals surface area contributed by atoms with Crippen LogP contribution in [0.4, 0.5) is 0 Å². The van der Waals surface area contributed by atoms with Crippen LogP contribution < -0.4 is 5.32 Å². The summed E-state index contributed by atoms with van der Waals surface area (Å²) in [5.74, 6) is 3.35. The summed E-state index contributed by atoms with van der Waals surface area (Å²) in [5, 5.41) is 3.31. The molecule has 0 saturated heterocycles. The molecule has 2 bridgehead atoms. The third kappa shape index (κ3) is 2.23. The largest absolute Gasteiger partial charge is 0.353 e. The summed E-state index contributed by atoms with van der Waals surface area (Å²) in [6.07, 6.45) is 10.4. The number of hydrogen-bond acceptors (Lipinski definition) is 1. The van der Waals surface area contributed by atoms with Gasteiger partial charge in [-0.2, -0.15) is 0 Å². The molecule has 0 aromatic heterocycles. The minimum Gasteiger partial charge on any atom is -0.353 e. The summed E-state index contributed by atoms with van der Waals surface area (Å²) in [6.45, 7) is 2.23. The van der Waals surface area contributed by atoms with Gasteiger partial charge in [0.25, 0.3) is 0 Å². The molecule has 2 heteroatoms. The molecule has 4 atom stereocenters. The van der Waals surface area contributed by atoms with Crippen LogP contribution in [-0.2, 0) is 4.79 Å². The number of carbonyl (C=O) groups excluding carboxylic acids is 1. The smallest absolute Gasteiger partial charge is 0.223 e. The standard InChI is InChI=1S/C15H25NO/c1-10(14-9-11-6-7-13(14)8-11)16-15(17)12-4-2-3-5-12/h10-14H,2-9H2,1H3,(H,16,17)/t10-,11-,13-,14-/m1/s1. The first-order valence-electron chi connectivity index (χ1n) is 7.54. The number of hydrogen-bond donors (Lipinski definition) is 1. The predicted octanol–water partition coefficient (Wildman–Crippen LogP) is 3.12. The summed E-state index contributed by atoms with van der Waals surface area (Å²) in [5.41, 5.74) is 0. The van der Waals surface area contributed by atoms with Crippen molar-refractivity contribution < 1.29 is 4.79 Å². The van der Waals surface area contributed by atoms with Crippen LogP contribution in [0.5, 0.6) is 0 Å². The van der Waals surface area contributed by atoms with Crippen LogP contribution in [0.3, 0.4) is 0 Å². The van der Waals surface area contributed by atoms with Crippen molar-refractivity contribution in [3.05, 3.63) is 0 Å². The highest BCUT2D eigenvalue weighted by Gasteiger charge is 2.42. The molecule has 3 aliphatic rings. The number of rotatable bonds is 3. The summed E-state index contributed by atoms with van der Waals surface area (Å²) < 4.78 is 0. The van der Waals surface area contributed by atoms with Crippen LogP contribution in [0.15, 0.2) is 0 Å². The molecule has 2 nitrogen and oxygen atoms in total. The summed E-state index contributed by atoms with van der Waals surface area (Å²) in [7, 11) is 0. The SMILES string of the molecule is C[C@@H](NC(=O)C1CCCC1)[C@H]1C[C@@H]2CC[C@@H]1C2. The Kier molecular flexibility index (Phi) is 3.14. The van der Waals surface area contributed by atoms with Crippen LogP contribution in [0.1, 0.15) is 58.3 Å². The van der Waals surface area contributed by atoms with Gasteiger partial charge >= 0.3 is 0 Å². The molecular weight excluding hydrogens is 210 g/mol. The molecule has 0 spiro atoms. The molecule has 0 heterocycles. The predicted molar refractivity (Wildman–Crippen MR) is 68.5 cm³/mol. The molecule has 3 rings (SSSR count). The van der Waals surface area contributed by atoms with E-state index in [2.05, 4.69) is 12.2 Å². The van der Waals surface area contributed by atoms with Gasteiger partial charge in [0.15, 0.2) is 0 Å². The number of carbonyl (C=O) groups is 1. The number of amides is 1. The molecule has 17 heavy (non-hydrogen) atoms. The van der Waals surface area contributed by atoms with Crippen LogP contribution >= 0.6 is 0 Å². The van der Waals surface area contributed by atoms with Crippen molar-refractivity contribution in [2.75, 3.05) is 0 Å². The Morgan fingerprint density at radius 2 is 1.88 bits per heavy atom. The number of fused-ring (bicyclic) bond motifs is 2. The van der Waals surface area contributed by atoms with Gasteiger partial charge in [0.2, 0.25) is 5.91 Å². The van der Waals surface area contributed by atoms with Crippen molar-refractivity contribution in [2.45, 2.75) is 64.3 Å². The molecule has 3 aliphatic carbocycles. The van der Waals surface area contributed by atoms with E-state index >= 15 is 0 Å². The lowest BCUT2D eigenvalue weighted by Crippen LogP contribution is -2.42. The minimum atomic E-state index is 0.330. The fourth-order valence-electron chi connectivity index (χ4n) is 4.54. The maximum atomic E-state index is 12.1. The van der Waals surface area contributed by atoms with E-state index in [9.17, 15) is 4.79 Å². The second-order valence-corrected chi connectivity index (χ2v) is 6.62. The van der Waals surface area contributed by atoms with Gasteiger partial charge in [0.05, 0.1) is 0 Å². The average Bonchev–Trinajstić information content (AvgIpc) is 3.05. The van der Waals surface area contributed by atoms with Gasteiger partial charge in [-0.15, -0.1) is 0 Å². The second kappa shape index (κ2) is 4.62. The Bertz CT molecular complexity index is 295. The molecule has 0 aromatic rings. The maximum absolute atomic E-state index is 12.1. The van der Waals surface area contributed by atoms with E-state index in [0.717, 1.165) is 30.6 Å². The van der Waals surface area contributed by atoms with Gasteiger partial charge in [-0.3, -0.25) is 4.79 Å². The third-order valence-electron chi connectivity index (χ3n) is 5.53. The lowest BCUT2D eigenvalue weighted by Gasteiger charge is -2.29. The zero-order valence-electron chi connectivity index (χ0n) is 11.0. The van der Waals surface area contributed by atoms with Crippen LogP contribution in [0.25, 0.3) is 0 Å².